The number of carbonyl (C=O) groups is 1. The van der Waals surface area contributed by atoms with E-state index in [9.17, 15) is 4.79 Å². The van der Waals surface area contributed by atoms with Crippen LogP contribution in [0.2, 0.25) is 0 Å². The number of likely N-dealkylation sites (tertiary alicyclic amines) is 2. The van der Waals surface area contributed by atoms with Crippen molar-refractivity contribution in [3.05, 3.63) is 0 Å². The normalized spacial score (nSPS) is 34.5. The molecule has 2 atom stereocenters. The first-order valence-electron chi connectivity index (χ1n) is 7.88. The van der Waals surface area contributed by atoms with Gasteiger partial charge in [0.1, 0.15) is 0 Å². The third kappa shape index (κ3) is 3.46. The molecule has 1 spiro atoms. The van der Waals surface area contributed by atoms with Crippen molar-refractivity contribution in [3.63, 3.8) is 0 Å². The summed E-state index contributed by atoms with van der Waals surface area (Å²) < 4.78 is 0. The van der Waals surface area contributed by atoms with Crippen LogP contribution in [-0.2, 0) is 4.79 Å². The van der Waals surface area contributed by atoms with Gasteiger partial charge >= 0.3 is 0 Å². The number of carbonyl (C=O) groups excluding carboxylic acids is 1. The van der Waals surface area contributed by atoms with Crippen molar-refractivity contribution in [2.24, 2.45) is 11.3 Å². The first-order valence-corrected chi connectivity index (χ1v) is 7.88. The van der Waals surface area contributed by atoms with E-state index in [1.807, 2.05) is 0 Å². The summed E-state index contributed by atoms with van der Waals surface area (Å²) in [5, 5.41) is 3.48. The number of hydrogen-bond donors (Lipinski definition) is 1. The van der Waals surface area contributed by atoms with E-state index in [2.05, 4.69) is 22.0 Å². The molecule has 0 radical (unpaired) electrons. The highest BCUT2D eigenvalue weighted by molar-refractivity contribution is 5.85. The van der Waals surface area contributed by atoms with E-state index in [0.717, 1.165) is 39.3 Å². The lowest BCUT2D eigenvalue weighted by Gasteiger charge is -2.32. The van der Waals surface area contributed by atoms with Gasteiger partial charge in [-0.25, -0.2) is 0 Å². The lowest BCUT2D eigenvalue weighted by atomic mass is 9.87. The SMILES string of the molecule is CC1CCCN(C(=O)CN2CCC3(CCNC3)C2)C1.Cl. The van der Waals surface area contributed by atoms with Crippen molar-refractivity contribution in [3.8, 4) is 0 Å². The summed E-state index contributed by atoms with van der Waals surface area (Å²) in [6.07, 6.45) is 5.02. The van der Waals surface area contributed by atoms with E-state index in [1.165, 1.54) is 25.7 Å². The number of amides is 1. The summed E-state index contributed by atoms with van der Waals surface area (Å²) in [6.45, 7) is 9.39. The van der Waals surface area contributed by atoms with Crippen molar-refractivity contribution in [1.82, 2.24) is 15.1 Å². The van der Waals surface area contributed by atoms with Crippen LogP contribution < -0.4 is 5.32 Å². The maximum atomic E-state index is 12.4. The van der Waals surface area contributed by atoms with E-state index >= 15 is 0 Å². The summed E-state index contributed by atoms with van der Waals surface area (Å²) in [5.41, 5.74) is 0.482. The van der Waals surface area contributed by atoms with Crippen LogP contribution in [0.4, 0.5) is 0 Å². The minimum atomic E-state index is 0. The van der Waals surface area contributed by atoms with Gasteiger partial charge in [-0.15, -0.1) is 12.4 Å². The average molecular weight is 302 g/mol. The molecule has 3 fully saturated rings. The molecule has 1 amide bonds. The van der Waals surface area contributed by atoms with Crippen LogP contribution in [0.3, 0.4) is 0 Å². The van der Waals surface area contributed by atoms with Crippen LogP contribution in [-0.4, -0.2) is 61.5 Å². The fourth-order valence-corrected chi connectivity index (χ4v) is 4.01. The van der Waals surface area contributed by atoms with Crippen LogP contribution in [0.25, 0.3) is 0 Å². The van der Waals surface area contributed by atoms with E-state index in [-0.39, 0.29) is 12.4 Å². The molecule has 0 aromatic heterocycles. The Bertz CT molecular complexity index is 344. The molecule has 3 heterocycles. The van der Waals surface area contributed by atoms with Gasteiger partial charge in [0.25, 0.3) is 0 Å². The highest BCUT2D eigenvalue weighted by atomic mass is 35.5. The number of hydrogen-bond acceptors (Lipinski definition) is 3. The topological polar surface area (TPSA) is 35.6 Å². The lowest BCUT2D eigenvalue weighted by Crippen LogP contribution is -2.44. The summed E-state index contributed by atoms with van der Waals surface area (Å²) in [4.78, 5) is 16.8. The average Bonchev–Trinajstić information content (AvgIpc) is 3.00. The molecule has 0 aliphatic carbocycles. The third-order valence-corrected chi connectivity index (χ3v) is 5.22. The van der Waals surface area contributed by atoms with Crippen molar-refractivity contribution in [1.29, 1.82) is 0 Å². The molecule has 3 aliphatic heterocycles. The zero-order valence-electron chi connectivity index (χ0n) is 12.6. The first-order chi connectivity index (χ1) is 9.17. The Kier molecular flexibility index (Phi) is 5.32. The van der Waals surface area contributed by atoms with E-state index in [1.54, 1.807) is 0 Å². The Morgan fingerprint density at radius 2 is 2.20 bits per heavy atom. The maximum Gasteiger partial charge on any atom is 0.236 e. The Hall–Kier alpha value is -0.320. The zero-order valence-corrected chi connectivity index (χ0v) is 13.4. The number of nitrogens with one attached hydrogen (secondary N) is 1. The molecule has 3 saturated heterocycles. The van der Waals surface area contributed by atoms with E-state index in [4.69, 9.17) is 0 Å². The molecule has 0 aromatic carbocycles. The Labute approximate surface area is 128 Å². The summed E-state index contributed by atoms with van der Waals surface area (Å²) >= 11 is 0. The van der Waals surface area contributed by atoms with Gasteiger partial charge in [-0.05, 0) is 50.1 Å². The van der Waals surface area contributed by atoms with Crippen molar-refractivity contribution in [2.45, 2.75) is 32.6 Å². The molecule has 116 valence electrons. The summed E-state index contributed by atoms with van der Waals surface area (Å²) in [6, 6.07) is 0. The van der Waals surface area contributed by atoms with E-state index in [0.29, 0.717) is 23.8 Å². The zero-order chi connectivity index (χ0) is 13.3. The van der Waals surface area contributed by atoms with Crippen molar-refractivity contribution < 1.29 is 4.79 Å². The number of halogens is 1. The Morgan fingerprint density at radius 3 is 2.90 bits per heavy atom. The highest BCUT2D eigenvalue weighted by Gasteiger charge is 2.40. The van der Waals surface area contributed by atoms with Gasteiger partial charge in [-0.1, -0.05) is 6.92 Å². The molecule has 5 heteroatoms. The molecule has 0 aromatic rings. The van der Waals surface area contributed by atoms with Gasteiger partial charge in [0, 0.05) is 26.2 Å². The van der Waals surface area contributed by atoms with Gasteiger partial charge in [0.05, 0.1) is 6.54 Å². The van der Waals surface area contributed by atoms with Crippen molar-refractivity contribution in [2.75, 3.05) is 45.8 Å². The lowest BCUT2D eigenvalue weighted by molar-refractivity contribution is -0.133. The molecule has 3 aliphatic rings. The van der Waals surface area contributed by atoms with E-state index < -0.39 is 0 Å². The standard InChI is InChI=1S/C15H27N3O.ClH/c1-13-3-2-7-18(9-13)14(19)10-17-8-5-15(12-17)4-6-16-11-15;/h13,16H,2-12H2,1H3;1H. The van der Waals surface area contributed by atoms with Gasteiger partial charge in [-0.2, -0.15) is 0 Å². The van der Waals surface area contributed by atoms with Crippen molar-refractivity contribution >= 4 is 18.3 Å². The summed E-state index contributed by atoms with van der Waals surface area (Å²) in [7, 11) is 0. The molecule has 3 rings (SSSR count). The molecule has 1 N–H and O–H groups in total. The quantitative estimate of drug-likeness (QED) is 0.836. The predicted octanol–water partition coefficient (Wildman–Crippen LogP) is 1.35. The maximum absolute atomic E-state index is 12.4. The Balaban J connectivity index is 0.00000147. The minimum absolute atomic E-state index is 0. The highest BCUT2D eigenvalue weighted by Crippen LogP contribution is 2.35. The summed E-state index contributed by atoms with van der Waals surface area (Å²) in [5.74, 6) is 1.04. The first kappa shape index (κ1) is 16.1. The second kappa shape index (κ2) is 6.63. The molecule has 0 bridgehead atoms. The van der Waals surface area contributed by atoms with Gasteiger partial charge in [-0.3, -0.25) is 9.69 Å². The van der Waals surface area contributed by atoms with Gasteiger partial charge in [0.15, 0.2) is 0 Å². The van der Waals surface area contributed by atoms with Crippen LogP contribution in [0.5, 0.6) is 0 Å². The largest absolute Gasteiger partial charge is 0.341 e. The monoisotopic (exact) mass is 301 g/mol. The molecule has 2 unspecified atom stereocenters. The number of nitrogens with zero attached hydrogens (tertiary/aromatic N) is 2. The fraction of sp³-hybridized carbons (Fsp3) is 0.933. The molecular weight excluding hydrogens is 274 g/mol. The molecule has 0 saturated carbocycles. The smallest absolute Gasteiger partial charge is 0.236 e. The van der Waals surface area contributed by atoms with Crippen LogP contribution >= 0.6 is 12.4 Å². The van der Waals surface area contributed by atoms with Crippen LogP contribution in [0.1, 0.15) is 32.6 Å². The van der Waals surface area contributed by atoms with Gasteiger partial charge in [0.2, 0.25) is 5.91 Å². The molecule has 4 nitrogen and oxygen atoms in total. The predicted molar refractivity (Wildman–Crippen MR) is 83.2 cm³/mol. The Morgan fingerprint density at radius 1 is 1.35 bits per heavy atom. The van der Waals surface area contributed by atoms with Crippen LogP contribution in [0, 0.1) is 11.3 Å². The number of piperidine rings is 1. The second-order valence-corrected chi connectivity index (χ2v) is 6.97. The van der Waals surface area contributed by atoms with Crippen LogP contribution in [0.15, 0.2) is 0 Å². The second-order valence-electron chi connectivity index (χ2n) is 6.97. The van der Waals surface area contributed by atoms with Gasteiger partial charge < -0.3 is 10.2 Å². The fourth-order valence-electron chi connectivity index (χ4n) is 4.01. The minimum Gasteiger partial charge on any atom is -0.341 e. The third-order valence-electron chi connectivity index (χ3n) is 5.22. The number of rotatable bonds is 2. The molecule has 20 heavy (non-hydrogen) atoms. The molecular formula is C15H28ClN3O.